The van der Waals surface area contributed by atoms with Crippen molar-refractivity contribution in [3.63, 3.8) is 0 Å². The van der Waals surface area contributed by atoms with Gasteiger partial charge in [-0.2, -0.15) is 0 Å². The molecule has 0 aromatic carbocycles. The molecule has 1 aromatic heterocycles. The summed E-state index contributed by atoms with van der Waals surface area (Å²) in [6.07, 6.45) is 0.610. The van der Waals surface area contributed by atoms with Crippen molar-refractivity contribution < 1.29 is 9.90 Å². The van der Waals surface area contributed by atoms with E-state index in [4.69, 9.17) is 10.8 Å². The molecule has 0 amide bonds. The number of nitrogens with two attached hydrogens (primary N) is 1. The first-order valence-electron chi connectivity index (χ1n) is 3.96. The van der Waals surface area contributed by atoms with Crippen LogP contribution in [0.3, 0.4) is 0 Å². The number of anilines is 1. The van der Waals surface area contributed by atoms with Gasteiger partial charge in [-0.3, -0.25) is 4.79 Å². The summed E-state index contributed by atoms with van der Waals surface area (Å²) in [6.45, 7) is 1.92. The van der Waals surface area contributed by atoms with Crippen molar-refractivity contribution in [1.82, 2.24) is 9.97 Å². The maximum atomic E-state index is 10.4. The summed E-state index contributed by atoms with van der Waals surface area (Å²) in [5.74, 6) is -0.782. The van der Waals surface area contributed by atoms with E-state index in [1.54, 1.807) is 6.07 Å². The van der Waals surface area contributed by atoms with E-state index < -0.39 is 5.97 Å². The van der Waals surface area contributed by atoms with Gasteiger partial charge in [0.15, 0.2) is 0 Å². The number of hydrogen-bond acceptors (Lipinski definition) is 4. The Balaban J connectivity index is 2.94. The number of carboxylic acid groups (broad SMARTS) is 1. The lowest BCUT2D eigenvalue weighted by molar-refractivity contribution is -0.136. The van der Waals surface area contributed by atoms with Crippen LogP contribution in [-0.4, -0.2) is 21.0 Å². The molecule has 1 rings (SSSR count). The van der Waals surface area contributed by atoms with Gasteiger partial charge in [0.25, 0.3) is 0 Å². The number of aromatic nitrogens is 2. The zero-order valence-corrected chi connectivity index (χ0v) is 7.32. The van der Waals surface area contributed by atoms with Crippen molar-refractivity contribution in [2.45, 2.75) is 19.8 Å². The number of carboxylic acids is 1. The van der Waals surface area contributed by atoms with Gasteiger partial charge in [0.2, 0.25) is 5.95 Å². The Morgan fingerprint density at radius 2 is 2.15 bits per heavy atom. The van der Waals surface area contributed by atoms with Crippen LogP contribution >= 0.6 is 0 Å². The molecule has 3 N–H and O–H groups in total. The summed E-state index contributed by atoms with van der Waals surface area (Å²) in [5.41, 5.74) is 6.62. The molecule has 0 fully saturated rings. The molecular formula is C8H11N3O2. The normalized spacial score (nSPS) is 9.92. The molecule has 70 valence electrons. The molecule has 0 unspecified atom stereocenters. The highest BCUT2D eigenvalue weighted by atomic mass is 16.4. The number of hydrogen-bond donors (Lipinski definition) is 2. The third-order valence-corrected chi connectivity index (χ3v) is 1.54. The summed E-state index contributed by atoms with van der Waals surface area (Å²) in [6, 6.07) is 1.66. The molecule has 1 aromatic rings. The van der Waals surface area contributed by atoms with Gasteiger partial charge < -0.3 is 10.8 Å². The monoisotopic (exact) mass is 181 g/mol. The molecule has 5 nitrogen and oxygen atoms in total. The molecule has 0 saturated carbocycles. The van der Waals surface area contributed by atoms with Crippen molar-refractivity contribution >= 4 is 11.9 Å². The molecule has 0 aliphatic carbocycles. The summed E-state index contributed by atoms with van der Waals surface area (Å²) >= 11 is 0. The van der Waals surface area contributed by atoms with E-state index in [1.165, 1.54) is 0 Å². The van der Waals surface area contributed by atoms with Crippen LogP contribution in [0.5, 0.6) is 0 Å². The van der Waals surface area contributed by atoms with Crippen molar-refractivity contribution in [1.29, 1.82) is 0 Å². The highest BCUT2D eigenvalue weighted by molar-refractivity contribution is 5.69. The lowest BCUT2D eigenvalue weighted by Gasteiger charge is -2.01. The third kappa shape index (κ3) is 2.70. The smallest absolute Gasteiger partial charge is 0.309 e. The van der Waals surface area contributed by atoms with Crippen LogP contribution in [0.4, 0.5) is 5.95 Å². The van der Waals surface area contributed by atoms with Crippen LogP contribution in [0.15, 0.2) is 6.07 Å². The van der Waals surface area contributed by atoms with Crippen LogP contribution < -0.4 is 5.73 Å². The number of nitrogens with zero attached hydrogens (tertiary/aromatic N) is 2. The number of aryl methyl sites for hydroxylation is 1. The number of rotatable bonds is 3. The van der Waals surface area contributed by atoms with E-state index in [0.717, 1.165) is 12.1 Å². The lowest BCUT2D eigenvalue weighted by atomic mass is 10.2. The van der Waals surface area contributed by atoms with E-state index in [-0.39, 0.29) is 12.4 Å². The van der Waals surface area contributed by atoms with Gasteiger partial charge in [-0.25, -0.2) is 9.97 Å². The fourth-order valence-corrected chi connectivity index (χ4v) is 1.00. The lowest BCUT2D eigenvalue weighted by Crippen LogP contribution is -2.07. The first-order valence-corrected chi connectivity index (χ1v) is 3.96. The van der Waals surface area contributed by atoms with E-state index in [9.17, 15) is 4.79 Å². The molecule has 0 saturated heterocycles. The third-order valence-electron chi connectivity index (χ3n) is 1.54. The first-order chi connectivity index (χ1) is 6.11. The minimum Gasteiger partial charge on any atom is -0.481 e. The quantitative estimate of drug-likeness (QED) is 0.697. The number of aliphatic carboxylic acids is 1. The molecule has 0 bridgehead atoms. The van der Waals surface area contributed by atoms with Gasteiger partial charge in [-0.1, -0.05) is 6.92 Å². The Morgan fingerprint density at radius 1 is 1.54 bits per heavy atom. The van der Waals surface area contributed by atoms with Gasteiger partial charge in [0.05, 0.1) is 12.1 Å². The largest absolute Gasteiger partial charge is 0.481 e. The molecule has 13 heavy (non-hydrogen) atoms. The maximum Gasteiger partial charge on any atom is 0.309 e. The minimum absolute atomic E-state index is 0.111. The number of nitrogen functional groups attached to an aromatic ring is 1. The first kappa shape index (κ1) is 9.44. The summed E-state index contributed by atoms with van der Waals surface area (Å²) in [4.78, 5) is 18.1. The van der Waals surface area contributed by atoms with Gasteiger partial charge >= 0.3 is 5.97 Å². The van der Waals surface area contributed by atoms with Gasteiger partial charge in [0, 0.05) is 5.69 Å². The van der Waals surface area contributed by atoms with Crippen molar-refractivity contribution in [2.75, 3.05) is 5.73 Å². The second-order valence-electron chi connectivity index (χ2n) is 2.63. The van der Waals surface area contributed by atoms with E-state index in [0.29, 0.717) is 5.69 Å². The van der Waals surface area contributed by atoms with Gasteiger partial charge in [0.1, 0.15) is 0 Å². The highest BCUT2D eigenvalue weighted by Crippen LogP contribution is 2.04. The zero-order chi connectivity index (χ0) is 9.84. The summed E-state index contributed by atoms with van der Waals surface area (Å²) in [5, 5.41) is 8.52. The Bertz CT molecular complexity index is 325. The molecule has 0 radical (unpaired) electrons. The van der Waals surface area contributed by atoms with Crippen LogP contribution in [0.2, 0.25) is 0 Å². The second kappa shape index (κ2) is 3.84. The Kier molecular flexibility index (Phi) is 2.79. The van der Waals surface area contributed by atoms with Crippen molar-refractivity contribution in [3.8, 4) is 0 Å². The Morgan fingerprint density at radius 3 is 2.69 bits per heavy atom. The molecule has 1 heterocycles. The Labute approximate surface area is 75.6 Å². The molecule has 0 spiro atoms. The second-order valence-corrected chi connectivity index (χ2v) is 2.63. The average Bonchev–Trinajstić information content (AvgIpc) is 2.01. The molecule has 0 atom stereocenters. The minimum atomic E-state index is -0.917. The van der Waals surface area contributed by atoms with Crippen LogP contribution in [0.1, 0.15) is 18.3 Å². The molecule has 0 aliphatic heterocycles. The molecule has 0 aliphatic rings. The fraction of sp³-hybridized carbons (Fsp3) is 0.375. The van der Waals surface area contributed by atoms with E-state index >= 15 is 0 Å². The summed E-state index contributed by atoms with van der Waals surface area (Å²) < 4.78 is 0. The Hall–Kier alpha value is -1.65. The van der Waals surface area contributed by atoms with Crippen LogP contribution in [-0.2, 0) is 17.6 Å². The predicted molar refractivity (Wildman–Crippen MR) is 47.2 cm³/mol. The van der Waals surface area contributed by atoms with Crippen molar-refractivity contribution in [3.05, 3.63) is 17.5 Å². The maximum absolute atomic E-state index is 10.4. The summed E-state index contributed by atoms with van der Waals surface area (Å²) in [7, 11) is 0. The van der Waals surface area contributed by atoms with E-state index in [2.05, 4.69) is 9.97 Å². The van der Waals surface area contributed by atoms with Gasteiger partial charge in [-0.05, 0) is 12.5 Å². The standard InChI is InChI=1S/C8H11N3O2/c1-2-5-3-6(4-7(12)13)11-8(9)10-5/h3H,2,4H2,1H3,(H,12,13)(H2,9,10,11). The predicted octanol–water partition coefficient (Wildman–Crippen LogP) is 0.248. The number of carbonyl (C=O) groups is 1. The van der Waals surface area contributed by atoms with Crippen molar-refractivity contribution in [2.24, 2.45) is 0 Å². The zero-order valence-electron chi connectivity index (χ0n) is 7.32. The SMILES string of the molecule is CCc1cc(CC(=O)O)nc(N)n1. The van der Waals surface area contributed by atoms with Gasteiger partial charge in [-0.15, -0.1) is 0 Å². The topological polar surface area (TPSA) is 89.1 Å². The fourth-order valence-electron chi connectivity index (χ4n) is 1.00. The molecular weight excluding hydrogens is 170 g/mol. The van der Waals surface area contributed by atoms with Crippen LogP contribution in [0.25, 0.3) is 0 Å². The molecule has 5 heteroatoms. The highest BCUT2D eigenvalue weighted by Gasteiger charge is 2.04. The average molecular weight is 181 g/mol. The van der Waals surface area contributed by atoms with Crippen LogP contribution in [0, 0.1) is 0 Å². The van der Waals surface area contributed by atoms with E-state index in [1.807, 2.05) is 6.92 Å².